The van der Waals surface area contributed by atoms with Crippen molar-refractivity contribution in [2.24, 2.45) is 0 Å². The topological polar surface area (TPSA) is 55.9 Å². The molecule has 1 atom stereocenters. The van der Waals surface area contributed by atoms with Crippen molar-refractivity contribution in [1.29, 1.82) is 0 Å². The van der Waals surface area contributed by atoms with E-state index < -0.39 is 0 Å². The molecule has 1 unspecified atom stereocenters. The number of nitrogens with one attached hydrogen (secondary N) is 1. The summed E-state index contributed by atoms with van der Waals surface area (Å²) in [6, 6.07) is 9.82. The van der Waals surface area contributed by atoms with Crippen molar-refractivity contribution >= 4 is 11.8 Å². The monoisotopic (exact) mass is 346 g/mol. The van der Waals surface area contributed by atoms with E-state index in [1.165, 1.54) is 0 Å². The van der Waals surface area contributed by atoms with Crippen molar-refractivity contribution in [3.8, 4) is 0 Å². The lowest BCUT2D eigenvalue weighted by atomic mass is 10.0. The van der Waals surface area contributed by atoms with Gasteiger partial charge in [0.05, 0.1) is 6.54 Å². The van der Waals surface area contributed by atoms with Crippen LogP contribution in [0.3, 0.4) is 0 Å². The van der Waals surface area contributed by atoms with Gasteiger partial charge in [-0.2, -0.15) is 0 Å². The van der Waals surface area contributed by atoms with Crippen LogP contribution >= 0.6 is 0 Å². The summed E-state index contributed by atoms with van der Waals surface area (Å²) in [4.78, 5) is 30.7. The van der Waals surface area contributed by atoms with Crippen LogP contribution in [0, 0.1) is 0 Å². The minimum Gasteiger partial charge on any atom is -0.353 e. The summed E-state index contributed by atoms with van der Waals surface area (Å²) in [6.07, 6.45) is 0. The molecule has 0 aromatic heterocycles. The number of carbonyl (C=O) groups excluding carboxylic acids is 2. The van der Waals surface area contributed by atoms with Crippen molar-refractivity contribution in [3.63, 3.8) is 0 Å². The molecule has 0 bridgehead atoms. The molecular weight excluding hydrogens is 316 g/mol. The Bertz CT molecular complexity index is 566. The maximum atomic E-state index is 12.7. The number of carbonyl (C=O) groups is 2. The van der Waals surface area contributed by atoms with Gasteiger partial charge in [0.25, 0.3) is 0 Å². The fourth-order valence-corrected chi connectivity index (χ4v) is 3.14. The highest BCUT2D eigenvalue weighted by atomic mass is 16.2. The standard InChI is InChI=1S/C19H30N4O2/c1-15(2)20-17(24)14-22-10-12-23(13-11-22)18(19(25)21(3)4)16-8-6-5-7-9-16/h5-9,15,18H,10-14H2,1-4H3,(H,20,24). The van der Waals surface area contributed by atoms with E-state index >= 15 is 0 Å². The van der Waals surface area contributed by atoms with E-state index in [-0.39, 0.29) is 23.9 Å². The smallest absolute Gasteiger partial charge is 0.244 e. The minimum atomic E-state index is -0.261. The van der Waals surface area contributed by atoms with E-state index in [0.717, 1.165) is 31.7 Å². The molecule has 0 saturated carbocycles. The van der Waals surface area contributed by atoms with Crippen LogP contribution in [0.5, 0.6) is 0 Å². The van der Waals surface area contributed by atoms with Gasteiger partial charge in [-0.25, -0.2) is 0 Å². The van der Waals surface area contributed by atoms with Crippen LogP contribution in [-0.4, -0.2) is 79.4 Å². The summed E-state index contributed by atoms with van der Waals surface area (Å²) in [6.45, 7) is 7.47. The second-order valence-corrected chi connectivity index (χ2v) is 7.08. The maximum absolute atomic E-state index is 12.7. The Morgan fingerprint density at radius 3 is 2.20 bits per heavy atom. The Labute approximate surface area is 150 Å². The fourth-order valence-electron chi connectivity index (χ4n) is 3.14. The molecule has 1 aliphatic rings. The highest BCUT2D eigenvalue weighted by molar-refractivity contribution is 5.83. The average molecular weight is 346 g/mol. The lowest BCUT2D eigenvalue weighted by molar-refractivity contribution is -0.136. The second-order valence-electron chi connectivity index (χ2n) is 7.08. The van der Waals surface area contributed by atoms with Gasteiger partial charge in [-0.15, -0.1) is 0 Å². The van der Waals surface area contributed by atoms with Gasteiger partial charge in [-0.3, -0.25) is 19.4 Å². The molecule has 1 N–H and O–H groups in total. The van der Waals surface area contributed by atoms with E-state index in [9.17, 15) is 9.59 Å². The molecule has 1 fully saturated rings. The van der Waals surface area contributed by atoms with Gasteiger partial charge in [-0.1, -0.05) is 30.3 Å². The van der Waals surface area contributed by atoms with Gasteiger partial charge in [0.2, 0.25) is 11.8 Å². The van der Waals surface area contributed by atoms with Crippen molar-refractivity contribution < 1.29 is 9.59 Å². The zero-order valence-electron chi connectivity index (χ0n) is 15.7. The molecular formula is C19H30N4O2. The number of rotatable bonds is 6. The first-order chi connectivity index (χ1) is 11.9. The SMILES string of the molecule is CC(C)NC(=O)CN1CCN(C(C(=O)N(C)C)c2ccccc2)CC1. The second kappa shape index (κ2) is 8.97. The molecule has 1 heterocycles. The fraction of sp³-hybridized carbons (Fsp3) is 0.579. The predicted octanol–water partition coefficient (Wildman–Crippen LogP) is 0.958. The van der Waals surface area contributed by atoms with Gasteiger partial charge in [0.1, 0.15) is 6.04 Å². The number of hydrogen-bond acceptors (Lipinski definition) is 4. The summed E-state index contributed by atoms with van der Waals surface area (Å²) < 4.78 is 0. The molecule has 1 aromatic rings. The molecule has 6 nitrogen and oxygen atoms in total. The van der Waals surface area contributed by atoms with Crippen molar-refractivity contribution in [1.82, 2.24) is 20.0 Å². The van der Waals surface area contributed by atoms with Crippen LogP contribution in [0.4, 0.5) is 0 Å². The van der Waals surface area contributed by atoms with Crippen LogP contribution in [-0.2, 0) is 9.59 Å². The molecule has 25 heavy (non-hydrogen) atoms. The lowest BCUT2D eigenvalue weighted by Crippen LogP contribution is -2.52. The van der Waals surface area contributed by atoms with E-state index in [1.54, 1.807) is 19.0 Å². The van der Waals surface area contributed by atoms with Gasteiger partial charge in [0, 0.05) is 46.3 Å². The largest absolute Gasteiger partial charge is 0.353 e. The molecule has 0 spiro atoms. The molecule has 0 aliphatic carbocycles. The molecule has 138 valence electrons. The van der Waals surface area contributed by atoms with Crippen molar-refractivity contribution in [2.45, 2.75) is 25.9 Å². The zero-order valence-corrected chi connectivity index (χ0v) is 15.7. The molecule has 1 aromatic carbocycles. The van der Waals surface area contributed by atoms with E-state index in [0.29, 0.717) is 6.54 Å². The third-order valence-corrected chi connectivity index (χ3v) is 4.38. The quantitative estimate of drug-likeness (QED) is 0.834. The lowest BCUT2D eigenvalue weighted by Gasteiger charge is -2.39. The Hall–Kier alpha value is -1.92. The number of likely N-dealkylation sites (N-methyl/N-ethyl adjacent to an activating group) is 1. The third-order valence-electron chi connectivity index (χ3n) is 4.38. The summed E-state index contributed by atoms with van der Waals surface area (Å²) in [5.74, 6) is 0.157. The first-order valence-corrected chi connectivity index (χ1v) is 8.90. The number of piperazine rings is 1. The number of nitrogens with zero attached hydrogens (tertiary/aromatic N) is 3. The average Bonchev–Trinajstić information content (AvgIpc) is 2.56. The maximum Gasteiger partial charge on any atom is 0.244 e. The van der Waals surface area contributed by atoms with Crippen molar-refractivity contribution in [3.05, 3.63) is 35.9 Å². The minimum absolute atomic E-state index is 0.0624. The van der Waals surface area contributed by atoms with Gasteiger partial charge in [0.15, 0.2) is 0 Å². The van der Waals surface area contributed by atoms with E-state index in [4.69, 9.17) is 0 Å². The van der Waals surface area contributed by atoms with Crippen LogP contribution in [0.1, 0.15) is 25.5 Å². The summed E-state index contributed by atoms with van der Waals surface area (Å²) in [5, 5.41) is 2.93. The highest BCUT2D eigenvalue weighted by Crippen LogP contribution is 2.24. The first-order valence-electron chi connectivity index (χ1n) is 8.90. The Kier molecular flexibility index (Phi) is 6.96. The number of amides is 2. The summed E-state index contributed by atoms with van der Waals surface area (Å²) in [5.41, 5.74) is 1.02. The van der Waals surface area contributed by atoms with Crippen LogP contribution in [0.25, 0.3) is 0 Å². The first kappa shape index (κ1) is 19.4. The third kappa shape index (κ3) is 5.54. The molecule has 6 heteroatoms. The zero-order chi connectivity index (χ0) is 18.4. The molecule has 1 aliphatic heterocycles. The normalized spacial score (nSPS) is 17.3. The van der Waals surface area contributed by atoms with Crippen LogP contribution in [0.2, 0.25) is 0 Å². The van der Waals surface area contributed by atoms with Gasteiger partial charge >= 0.3 is 0 Å². The Morgan fingerprint density at radius 2 is 1.68 bits per heavy atom. The molecule has 2 rings (SSSR count). The number of benzene rings is 1. The number of hydrogen-bond donors (Lipinski definition) is 1. The highest BCUT2D eigenvalue weighted by Gasteiger charge is 2.31. The van der Waals surface area contributed by atoms with Crippen molar-refractivity contribution in [2.75, 3.05) is 46.8 Å². The van der Waals surface area contributed by atoms with Gasteiger partial charge in [-0.05, 0) is 19.4 Å². The Morgan fingerprint density at radius 1 is 1.08 bits per heavy atom. The van der Waals surface area contributed by atoms with Crippen LogP contribution in [0.15, 0.2) is 30.3 Å². The Balaban J connectivity index is 2.00. The van der Waals surface area contributed by atoms with E-state index in [1.807, 2.05) is 44.2 Å². The summed E-state index contributed by atoms with van der Waals surface area (Å²) >= 11 is 0. The molecule has 1 saturated heterocycles. The molecule has 2 amide bonds. The predicted molar refractivity (Wildman–Crippen MR) is 99.2 cm³/mol. The van der Waals surface area contributed by atoms with E-state index in [2.05, 4.69) is 15.1 Å². The summed E-state index contributed by atoms with van der Waals surface area (Å²) in [7, 11) is 3.59. The van der Waals surface area contributed by atoms with Gasteiger partial charge < -0.3 is 10.2 Å². The molecule has 0 radical (unpaired) electrons. The van der Waals surface area contributed by atoms with Crippen LogP contribution < -0.4 is 5.32 Å².